The van der Waals surface area contributed by atoms with E-state index in [9.17, 15) is 5.11 Å². The summed E-state index contributed by atoms with van der Waals surface area (Å²) in [4.78, 5) is 3.83. The van der Waals surface area contributed by atoms with Gasteiger partial charge in [0.05, 0.1) is 6.21 Å². The van der Waals surface area contributed by atoms with Gasteiger partial charge in [0, 0.05) is 6.20 Å². The second-order valence-corrected chi connectivity index (χ2v) is 2.57. The minimum Gasteiger partial charge on any atom is -0.506 e. The van der Waals surface area contributed by atoms with Crippen molar-refractivity contribution in [2.45, 2.75) is 26.7 Å². The molecule has 2 heteroatoms. The van der Waals surface area contributed by atoms with Crippen LogP contribution in [0.2, 0.25) is 0 Å². The largest absolute Gasteiger partial charge is 0.506 e. The van der Waals surface area contributed by atoms with Crippen LogP contribution in [-0.2, 0) is 0 Å². The zero-order valence-corrected chi connectivity index (χ0v) is 9.69. The van der Waals surface area contributed by atoms with Crippen LogP contribution in [0.1, 0.15) is 26.7 Å². The highest BCUT2D eigenvalue weighted by Crippen LogP contribution is 1.91. The number of aliphatic hydroxyl groups is 1. The minimum absolute atomic E-state index is 0.172. The van der Waals surface area contributed by atoms with Gasteiger partial charge in [-0.3, -0.25) is 4.99 Å². The van der Waals surface area contributed by atoms with Crippen LogP contribution in [0.15, 0.2) is 54.4 Å². The monoisotopic (exact) mass is 207 g/mol. The van der Waals surface area contributed by atoms with Crippen LogP contribution < -0.4 is 0 Å². The molecule has 0 saturated carbocycles. The van der Waals surface area contributed by atoms with Gasteiger partial charge >= 0.3 is 0 Å². The predicted octanol–water partition coefficient (Wildman–Crippen LogP) is 4.19. The van der Waals surface area contributed by atoms with Crippen molar-refractivity contribution in [2.75, 3.05) is 0 Å². The van der Waals surface area contributed by atoms with E-state index in [0.29, 0.717) is 0 Å². The van der Waals surface area contributed by atoms with Gasteiger partial charge in [0.2, 0.25) is 0 Å². The number of hydrogen-bond donors (Lipinski definition) is 1. The lowest BCUT2D eigenvalue weighted by molar-refractivity contribution is 0.446. The summed E-state index contributed by atoms with van der Waals surface area (Å²) in [6.45, 7) is 9.99. The van der Waals surface area contributed by atoms with Gasteiger partial charge in [-0.05, 0) is 19.4 Å². The molecule has 0 aromatic rings. The van der Waals surface area contributed by atoms with Gasteiger partial charge in [0.1, 0.15) is 5.76 Å². The molecule has 0 aliphatic heterocycles. The van der Waals surface area contributed by atoms with Crippen LogP contribution in [0.5, 0.6) is 0 Å². The summed E-state index contributed by atoms with van der Waals surface area (Å²) in [5.41, 5.74) is 0. The molecular formula is C13H21NO. The predicted molar refractivity (Wildman–Crippen MR) is 69.3 cm³/mol. The van der Waals surface area contributed by atoms with Crippen LogP contribution >= 0.6 is 0 Å². The highest BCUT2D eigenvalue weighted by molar-refractivity contribution is 5.76. The van der Waals surface area contributed by atoms with Crippen molar-refractivity contribution in [2.24, 2.45) is 4.99 Å². The van der Waals surface area contributed by atoms with E-state index in [-0.39, 0.29) is 5.76 Å². The Balaban J connectivity index is 0. The lowest BCUT2D eigenvalue weighted by atomic mass is 10.3. The number of allylic oxidation sites excluding steroid dienone is 5. The van der Waals surface area contributed by atoms with Gasteiger partial charge in [0.15, 0.2) is 0 Å². The van der Waals surface area contributed by atoms with E-state index in [1.165, 1.54) is 6.21 Å². The number of hydrogen-bond acceptors (Lipinski definition) is 2. The standard InChI is InChI=1S/C11H17NO.C2H4/c1-3-5-6-7-8-11(13)10-12-9-4-2;1-2/h4,6-10,13H,3,5H2,1-2H3;1-2H2/b7-6+,9-4+,11-8+,12-10-;. The first kappa shape index (κ1) is 15.9. The van der Waals surface area contributed by atoms with Gasteiger partial charge in [-0.25, -0.2) is 0 Å². The maximum absolute atomic E-state index is 9.20. The van der Waals surface area contributed by atoms with E-state index >= 15 is 0 Å². The molecule has 84 valence electrons. The number of nitrogens with zero attached hydrogens (tertiary/aromatic N) is 1. The SMILES string of the molecule is C/C=C/N=C\C(O)=C/C=C/CCC.C=C. The molecule has 0 amide bonds. The molecule has 0 aromatic heterocycles. The fraction of sp³-hybridized carbons (Fsp3) is 0.308. The summed E-state index contributed by atoms with van der Waals surface area (Å²) in [7, 11) is 0. The molecule has 0 fully saturated rings. The van der Waals surface area contributed by atoms with Crippen LogP contribution in [0.25, 0.3) is 0 Å². The Morgan fingerprint density at radius 3 is 2.60 bits per heavy atom. The van der Waals surface area contributed by atoms with E-state index < -0.39 is 0 Å². The smallest absolute Gasteiger partial charge is 0.133 e. The van der Waals surface area contributed by atoms with Gasteiger partial charge in [-0.15, -0.1) is 13.2 Å². The number of rotatable bonds is 5. The Kier molecular flexibility index (Phi) is 15.8. The third-order valence-corrected chi connectivity index (χ3v) is 1.30. The Hall–Kier alpha value is -1.57. The van der Waals surface area contributed by atoms with Gasteiger partial charge < -0.3 is 5.11 Å². The van der Waals surface area contributed by atoms with Crippen LogP contribution in [0.4, 0.5) is 0 Å². The molecule has 0 spiro atoms. The molecule has 0 radical (unpaired) electrons. The lowest BCUT2D eigenvalue weighted by Gasteiger charge is -1.85. The maximum atomic E-state index is 9.20. The zero-order valence-electron chi connectivity index (χ0n) is 9.69. The molecule has 0 saturated heterocycles. The number of unbranched alkanes of at least 4 members (excludes halogenated alkanes) is 1. The molecule has 2 nitrogen and oxygen atoms in total. The van der Waals surface area contributed by atoms with Crippen molar-refractivity contribution in [1.82, 2.24) is 0 Å². The summed E-state index contributed by atoms with van der Waals surface area (Å²) in [6, 6.07) is 0. The second kappa shape index (κ2) is 14.9. The van der Waals surface area contributed by atoms with Crippen molar-refractivity contribution in [1.29, 1.82) is 0 Å². The van der Waals surface area contributed by atoms with Crippen molar-refractivity contribution in [3.8, 4) is 0 Å². The van der Waals surface area contributed by atoms with Crippen molar-refractivity contribution >= 4 is 6.21 Å². The maximum Gasteiger partial charge on any atom is 0.133 e. The summed E-state index contributed by atoms with van der Waals surface area (Å²) in [6.07, 6.45) is 12.5. The van der Waals surface area contributed by atoms with Crippen molar-refractivity contribution < 1.29 is 5.11 Å². The van der Waals surface area contributed by atoms with Crippen LogP contribution in [0.3, 0.4) is 0 Å². The molecule has 0 aliphatic carbocycles. The van der Waals surface area contributed by atoms with Gasteiger partial charge in [-0.1, -0.05) is 31.6 Å². The molecular weight excluding hydrogens is 186 g/mol. The van der Waals surface area contributed by atoms with Crippen LogP contribution in [0, 0.1) is 0 Å². The first-order valence-corrected chi connectivity index (χ1v) is 5.01. The third-order valence-electron chi connectivity index (χ3n) is 1.30. The fourth-order valence-electron chi connectivity index (χ4n) is 0.678. The Labute approximate surface area is 93.1 Å². The summed E-state index contributed by atoms with van der Waals surface area (Å²) in [5, 5.41) is 9.20. The summed E-state index contributed by atoms with van der Waals surface area (Å²) >= 11 is 0. The highest BCUT2D eigenvalue weighted by Gasteiger charge is 1.80. The Morgan fingerprint density at radius 1 is 1.40 bits per heavy atom. The highest BCUT2D eigenvalue weighted by atomic mass is 16.3. The van der Waals surface area contributed by atoms with E-state index in [0.717, 1.165) is 12.8 Å². The number of aliphatic imine (C=N–C) groups is 1. The molecule has 15 heavy (non-hydrogen) atoms. The second-order valence-electron chi connectivity index (χ2n) is 2.57. The topological polar surface area (TPSA) is 32.6 Å². The van der Waals surface area contributed by atoms with E-state index in [4.69, 9.17) is 0 Å². The van der Waals surface area contributed by atoms with Crippen LogP contribution in [-0.4, -0.2) is 11.3 Å². The fourth-order valence-corrected chi connectivity index (χ4v) is 0.678. The third kappa shape index (κ3) is 15.2. The Bertz CT molecular complexity index is 237. The molecule has 0 heterocycles. The number of aliphatic hydroxyl groups excluding tert-OH is 1. The average molecular weight is 207 g/mol. The molecule has 0 atom stereocenters. The molecule has 0 aromatic carbocycles. The molecule has 0 unspecified atom stereocenters. The molecule has 1 N–H and O–H groups in total. The van der Waals surface area contributed by atoms with E-state index in [1.54, 1.807) is 18.4 Å². The first-order chi connectivity index (χ1) is 7.31. The van der Waals surface area contributed by atoms with Crippen molar-refractivity contribution in [3.63, 3.8) is 0 Å². The normalized spacial score (nSPS) is 12.3. The summed E-state index contributed by atoms with van der Waals surface area (Å²) < 4.78 is 0. The molecule has 0 bridgehead atoms. The van der Waals surface area contributed by atoms with Gasteiger partial charge in [0.25, 0.3) is 0 Å². The van der Waals surface area contributed by atoms with E-state index in [1.807, 2.05) is 19.1 Å². The quantitative estimate of drug-likeness (QED) is 0.312. The van der Waals surface area contributed by atoms with Gasteiger partial charge in [-0.2, -0.15) is 0 Å². The average Bonchev–Trinajstić information content (AvgIpc) is 2.28. The first-order valence-electron chi connectivity index (χ1n) is 5.01. The minimum atomic E-state index is 0.172. The van der Waals surface area contributed by atoms with E-state index in [2.05, 4.69) is 25.1 Å². The Morgan fingerprint density at radius 2 is 2.07 bits per heavy atom. The summed E-state index contributed by atoms with van der Waals surface area (Å²) in [5.74, 6) is 0.172. The van der Waals surface area contributed by atoms with Crippen molar-refractivity contribution in [3.05, 3.63) is 49.4 Å². The molecule has 0 rings (SSSR count). The lowest BCUT2D eigenvalue weighted by Crippen LogP contribution is -1.79. The zero-order chi connectivity index (χ0) is 11.9. The molecule has 0 aliphatic rings.